The molecule has 2 rings (SSSR count). The van der Waals surface area contributed by atoms with Gasteiger partial charge in [0, 0.05) is 25.6 Å². The Labute approximate surface area is 150 Å². The van der Waals surface area contributed by atoms with Crippen LogP contribution in [0.1, 0.15) is 50.4 Å². The van der Waals surface area contributed by atoms with Gasteiger partial charge < -0.3 is 10.6 Å². The number of aryl methyl sites for hydroxylation is 1. The third kappa shape index (κ3) is 5.24. The first-order valence-corrected chi connectivity index (χ1v) is 8.83. The maximum absolute atomic E-state index is 13.0. The summed E-state index contributed by atoms with van der Waals surface area (Å²) in [6.07, 6.45) is -2.18. The van der Waals surface area contributed by atoms with Gasteiger partial charge in [-0.15, -0.1) is 0 Å². The number of rotatable bonds is 7. The molecule has 1 fully saturated rings. The summed E-state index contributed by atoms with van der Waals surface area (Å²) in [6.45, 7) is 5.87. The Bertz CT molecular complexity index is 582. The second-order valence-corrected chi connectivity index (χ2v) is 7.21. The molecule has 0 radical (unpaired) electrons. The van der Waals surface area contributed by atoms with Crippen LogP contribution in [0.4, 0.5) is 13.2 Å². The summed E-state index contributed by atoms with van der Waals surface area (Å²) in [7, 11) is 0. The lowest BCUT2D eigenvalue weighted by atomic mass is 10.2. The number of nitrogens with zero attached hydrogens (tertiary/aromatic N) is 2. The number of thiocarbonyl (C=S) groups is 1. The van der Waals surface area contributed by atoms with Gasteiger partial charge in [0.2, 0.25) is 0 Å². The third-order valence-corrected chi connectivity index (χ3v) is 4.33. The Morgan fingerprint density at radius 3 is 2.58 bits per heavy atom. The maximum atomic E-state index is 13.0. The summed E-state index contributed by atoms with van der Waals surface area (Å²) in [5, 5.41) is 10.1. The van der Waals surface area contributed by atoms with Crippen LogP contribution in [0.2, 0.25) is 5.02 Å². The molecule has 0 spiro atoms. The van der Waals surface area contributed by atoms with Gasteiger partial charge in [0.25, 0.3) is 0 Å². The van der Waals surface area contributed by atoms with E-state index < -0.39 is 11.9 Å². The number of alkyl halides is 3. The molecule has 0 atom stereocenters. The van der Waals surface area contributed by atoms with Gasteiger partial charge in [-0.25, -0.2) is 0 Å². The van der Waals surface area contributed by atoms with Gasteiger partial charge in [-0.05, 0) is 37.4 Å². The fourth-order valence-corrected chi connectivity index (χ4v) is 2.92. The lowest BCUT2D eigenvalue weighted by molar-refractivity contribution is -0.141. The van der Waals surface area contributed by atoms with Crippen LogP contribution in [0.25, 0.3) is 0 Å². The molecular weight excluding hydrogens is 361 g/mol. The van der Waals surface area contributed by atoms with Gasteiger partial charge in [-0.3, -0.25) is 4.68 Å². The van der Waals surface area contributed by atoms with E-state index in [1.807, 2.05) is 0 Å². The van der Waals surface area contributed by atoms with Crippen molar-refractivity contribution in [3.63, 3.8) is 0 Å². The minimum absolute atomic E-state index is 0.0999. The van der Waals surface area contributed by atoms with Crippen molar-refractivity contribution < 1.29 is 13.2 Å². The molecule has 2 N–H and O–H groups in total. The van der Waals surface area contributed by atoms with Crippen LogP contribution in [0.5, 0.6) is 0 Å². The summed E-state index contributed by atoms with van der Waals surface area (Å²) in [5.41, 5.74) is -0.461. The highest BCUT2D eigenvalue weighted by Gasteiger charge is 2.41. The van der Waals surface area contributed by atoms with Crippen LogP contribution in [-0.4, -0.2) is 28.0 Å². The highest BCUT2D eigenvalue weighted by molar-refractivity contribution is 7.80. The zero-order chi connectivity index (χ0) is 17.9. The molecule has 1 heterocycles. The van der Waals surface area contributed by atoms with E-state index in [9.17, 15) is 13.2 Å². The average molecular weight is 383 g/mol. The van der Waals surface area contributed by atoms with E-state index in [0.717, 1.165) is 19.4 Å². The molecule has 0 amide bonds. The highest BCUT2D eigenvalue weighted by Crippen LogP contribution is 2.46. The molecule has 0 aliphatic heterocycles. The second-order valence-electron chi connectivity index (χ2n) is 6.43. The van der Waals surface area contributed by atoms with Crippen LogP contribution < -0.4 is 10.6 Å². The molecule has 1 saturated carbocycles. The van der Waals surface area contributed by atoms with Gasteiger partial charge in [0.1, 0.15) is 0 Å². The molecule has 9 heteroatoms. The second kappa shape index (κ2) is 7.91. The molecule has 0 saturated heterocycles. The SMILES string of the molecule is CC(C)CNC(=S)NCCCn1nc(C(F)(F)F)c(Cl)c1C1CC1. The lowest BCUT2D eigenvalue weighted by Gasteiger charge is -2.12. The minimum atomic E-state index is -4.52. The Hall–Kier alpha value is -1.02. The Balaban J connectivity index is 1.89. The number of nitrogens with one attached hydrogen (secondary N) is 2. The van der Waals surface area contributed by atoms with E-state index in [-0.39, 0.29) is 10.9 Å². The number of halogens is 4. The van der Waals surface area contributed by atoms with E-state index in [4.69, 9.17) is 23.8 Å². The van der Waals surface area contributed by atoms with Crippen LogP contribution >= 0.6 is 23.8 Å². The fourth-order valence-electron chi connectivity index (χ4n) is 2.34. The molecule has 4 nitrogen and oxygen atoms in total. The van der Waals surface area contributed by atoms with Gasteiger partial charge in [0.05, 0.1) is 10.7 Å². The highest BCUT2D eigenvalue weighted by atomic mass is 35.5. The van der Waals surface area contributed by atoms with Crippen LogP contribution in [0, 0.1) is 5.92 Å². The zero-order valence-corrected chi connectivity index (χ0v) is 15.3. The first-order valence-electron chi connectivity index (χ1n) is 8.05. The molecule has 0 unspecified atom stereocenters. The van der Waals surface area contributed by atoms with Gasteiger partial charge in [0.15, 0.2) is 10.8 Å². The van der Waals surface area contributed by atoms with E-state index in [0.29, 0.717) is 36.2 Å². The van der Waals surface area contributed by atoms with E-state index in [2.05, 4.69) is 29.6 Å². The standard InChI is InChI=1S/C15H22ClF3N4S/c1-9(2)8-21-14(24)20-6-3-7-23-12(10-4-5-10)11(16)13(22-23)15(17,18)19/h9-10H,3-8H2,1-2H3,(H2,20,21,24). The maximum Gasteiger partial charge on any atom is 0.436 e. The van der Waals surface area contributed by atoms with Gasteiger partial charge in [-0.2, -0.15) is 18.3 Å². The largest absolute Gasteiger partial charge is 0.436 e. The predicted octanol–water partition coefficient (Wildman–Crippen LogP) is 3.94. The summed E-state index contributed by atoms with van der Waals surface area (Å²) < 4.78 is 40.3. The topological polar surface area (TPSA) is 41.9 Å². The molecule has 1 aromatic rings. The van der Waals surface area contributed by atoms with Crippen LogP contribution in [0.3, 0.4) is 0 Å². The van der Waals surface area contributed by atoms with E-state index in [1.165, 1.54) is 4.68 Å². The van der Waals surface area contributed by atoms with E-state index in [1.54, 1.807) is 0 Å². The molecule has 1 aliphatic rings. The summed E-state index contributed by atoms with van der Waals surface area (Å²) in [5.74, 6) is 0.584. The molecule has 136 valence electrons. The lowest BCUT2D eigenvalue weighted by Crippen LogP contribution is -2.37. The van der Waals surface area contributed by atoms with Crippen molar-refractivity contribution in [2.24, 2.45) is 5.92 Å². The van der Waals surface area contributed by atoms with Crippen molar-refractivity contribution in [2.45, 2.75) is 51.7 Å². The van der Waals surface area contributed by atoms with Crippen molar-refractivity contribution in [1.82, 2.24) is 20.4 Å². The third-order valence-electron chi connectivity index (χ3n) is 3.67. The van der Waals surface area contributed by atoms with Crippen molar-refractivity contribution in [3.8, 4) is 0 Å². The van der Waals surface area contributed by atoms with Crippen molar-refractivity contribution in [1.29, 1.82) is 0 Å². The number of aromatic nitrogens is 2. The quantitative estimate of drug-likeness (QED) is 0.553. The molecule has 0 aromatic carbocycles. The Kier molecular flexibility index (Phi) is 6.36. The predicted molar refractivity (Wildman–Crippen MR) is 92.3 cm³/mol. The van der Waals surface area contributed by atoms with Crippen molar-refractivity contribution in [2.75, 3.05) is 13.1 Å². The van der Waals surface area contributed by atoms with Crippen molar-refractivity contribution in [3.05, 3.63) is 16.4 Å². The number of hydrogen-bond acceptors (Lipinski definition) is 2. The molecule has 1 aliphatic carbocycles. The Morgan fingerprint density at radius 1 is 1.38 bits per heavy atom. The Morgan fingerprint density at radius 2 is 2.04 bits per heavy atom. The first kappa shape index (κ1) is 19.3. The zero-order valence-electron chi connectivity index (χ0n) is 13.7. The molecule has 24 heavy (non-hydrogen) atoms. The summed E-state index contributed by atoms with van der Waals surface area (Å²) in [6, 6.07) is 0. The minimum Gasteiger partial charge on any atom is -0.363 e. The fraction of sp³-hybridized carbons (Fsp3) is 0.733. The van der Waals surface area contributed by atoms with Crippen LogP contribution in [0.15, 0.2) is 0 Å². The summed E-state index contributed by atoms with van der Waals surface area (Å²) >= 11 is 11.1. The number of hydrogen-bond donors (Lipinski definition) is 2. The summed E-state index contributed by atoms with van der Waals surface area (Å²) in [4.78, 5) is 0. The average Bonchev–Trinajstić information content (AvgIpc) is 3.24. The normalized spacial score (nSPS) is 15.0. The molecule has 0 bridgehead atoms. The molecular formula is C15H22ClF3N4S. The van der Waals surface area contributed by atoms with Crippen molar-refractivity contribution >= 4 is 28.9 Å². The first-order chi connectivity index (χ1) is 11.2. The van der Waals surface area contributed by atoms with Gasteiger partial charge in [-0.1, -0.05) is 25.4 Å². The monoisotopic (exact) mass is 382 g/mol. The van der Waals surface area contributed by atoms with E-state index >= 15 is 0 Å². The molecule has 1 aromatic heterocycles. The smallest absolute Gasteiger partial charge is 0.363 e. The van der Waals surface area contributed by atoms with Crippen LogP contribution in [-0.2, 0) is 12.7 Å². The van der Waals surface area contributed by atoms with Gasteiger partial charge >= 0.3 is 6.18 Å².